The second kappa shape index (κ2) is 9.67. The van der Waals surface area contributed by atoms with Gasteiger partial charge in [-0.1, -0.05) is 6.92 Å². The molecule has 0 spiro atoms. The monoisotopic (exact) mass is 388 g/mol. The fourth-order valence-electron chi connectivity index (χ4n) is 2.86. The van der Waals surface area contributed by atoms with E-state index in [1.54, 1.807) is 6.92 Å². The zero-order valence-electron chi connectivity index (χ0n) is 15.0. The Hall–Kier alpha value is -2.17. The Morgan fingerprint density at radius 3 is 2.74 bits per heavy atom. The molecule has 1 atom stereocenters. The summed E-state index contributed by atoms with van der Waals surface area (Å²) in [6.45, 7) is 1.61. The Morgan fingerprint density at radius 2 is 2.19 bits per heavy atom. The molecule has 0 saturated carbocycles. The third kappa shape index (κ3) is 5.41. The second-order valence-electron chi connectivity index (χ2n) is 5.98. The van der Waals surface area contributed by atoms with Crippen molar-refractivity contribution in [3.05, 3.63) is 24.0 Å². The van der Waals surface area contributed by atoms with Crippen LogP contribution in [-0.4, -0.2) is 68.6 Å². The summed E-state index contributed by atoms with van der Waals surface area (Å²) in [5.41, 5.74) is 5.79. The highest BCUT2D eigenvalue weighted by atomic mass is 19.3. The van der Waals surface area contributed by atoms with E-state index in [1.807, 2.05) is 0 Å². The first-order valence-electron chi connectivity index (χ1n) is 8.58. The highest BCUT2D eigenvalue weighted by Crippen LogP contribution is 2.23. The number of likely N-dealkylation sites (N-methyl/N-ethyl adjacent to an activating group) is 1. The van der Waals surface area contributed by atoms with Crippen molar-refractivity contribution in [1.82, 2.24) is 4.90 Å². The summed E-state index contributed by atoms with van der Waals surface area (Å²) in [4.78, 5) is 26.8. The molecule has 1 heterocycles. The number of rotatable bonds is 8. The Bertz CT molecular complexity index is 675. The minimum Gasteiger partial charge on any atom is -0.370 e. The lowest BCUT2D eigenvalue weighted by Gasteiger charge is -2.29. The Kier molecular flexibility index (Phi) is 7.57. The average molecular weight is 388 g/mol. The summed E-state index contributed by atoms with van der Waals surface area (Å²) in [7, 11) is 0. The van der Waals surface area contributed by atoms with E-state index in [-0.39, 0.29) is 31.3 Å². The SMILES string of the molecule is CCN(CC(F)F)[C@@H](CN)C(=O)Nc1ccc(N2CCOCC2=O)cc1F. The van der Waals surface area contributed by atoms with Crippen molar-refractivity contribution in [3.63, 3.8) is 0 Å². The van der Waals surface area contributed by atoms with Gasteiger partial charge >= 0.3 is 0 Å². The van der Waals surface area contributed by atoms with E-state index >= 15 is 0 Å². The van der Waals surface area contributed by atoms with Gasteiger partial charge in [-0.2, -0.15) is 0 Å². The van der Waals surface area contributed by atoms with Crippen LogP contribution in [0, 0.1) is 5.82 Å². The van der Waals surface area contributed by atoms with E-state index in [1.165, 1.54) is 21.9 Å². The fourth-order valence-corrected chi connectivity index (χ4v) is 2.86. The largest absolute Gasteiger partial charge is 0.370 e. The molecular formula is C17H23F3N4O3. The summed E-state index contributed by atoms with van der Waals surface area (Å²) >= 11 is 0. The molecule has 0 radical (unpaired) electrons. The first-order chi connectivity index (χ1) is 12.9. The minimum absolute atomic E-state index is 0.0741. The number of carbonyl (C=O) groups is 2. The van der Waals surface area contributed by atoms with Gasteiger partial charge in [-0.15, -0.1) is 0 Å². The van der Waals surface area contributed by atoms with Crippen LogP contribution in [0.15, 0.2) is 18.2 Å². The number of amides is 2. The van der Waals surface area contributed by atoms with Gasteiger partial charge in [0, 0.05) is 18.8 Å². The number of nitrogens with zero attached hydrogens (tertiary/aromatic N) is 2. The van der Waals surface area contributed by atoms with Gasteiger partial charge in [-0.3, -0.25) is 14.5 Å². The van der Waals surface area contributed by atoms with Gasteiger partial charge in [0.15, 0.2) is 0 Å². The van der Waals surface area contributed by atoms with Crippen LogP contribution in [0.2, 0.25) is 0 Å². The molecule has 0 bridgehead atoms. The molecule has 0 aliphatic carbocycles. The smallest absolute Gasteiger partial charge is 0.253 e. The zero-order valence-corrected chi connectivity index (χ0v) is 15.0. The number of benzene rings is 1. The molecule has 1 aromatic carbocycles. The molecule has 0 unspecified atom stereocenters. The molecule has 0 aromatic heterocycles. The highest BCUT2D eigenvalue weighted by molar-refractivity contribution is 5.97. The molecule has 10 heteroatoms. The van der Waals surface area contributed by atoms with Crippen molar-refractivity contribution in [1.29, 1.82) is 0 Å². The van der Waals surface area contributed by atoms with Crippen LogP contribution in [0.5, 0.6) is 0 Å². The number of hydrogen-bond donors (Lipinski definition) is 2. The van der Waals surface area contributed by atoms with Gasteiger partial charge in [0.2, 0.25) is 5.91 Å². The summed E-state index contributed by atoms with van der Waals surface area (Å²) in [5.74, 6) is -1.70. The summed E-state index contributed by atoms with van der Waals surface area (Å²) in [5, 5.41) is 2.38. The molecule has 1 aliphatic rings. The van der Waals surface area contributed by atoms with Crippen molar-refractivity contribution in [2.45, 2.75) is 19.4 Å². The first-order valence-corrected chi connectivity index (χ1v) is 8.58. The molecule has 2 rings (SSSR count). The third-order valence-electron chi connectivity index (χ3n) is 4.25. The minimum atomic E-state index is -2.62. The Morgan fingerprint density at radius 1 is 1.44 bits per heavy atom. The van der Waals surface area contributed by atoms with Crippen molar-refractivity contribution in [2.75, 3.05) is 49.6 Å². The van der Waals surface area contributed by atoms with E-state index in [0.717, 1.165) is 6.07 Å². The molecule has 3 N–H and O–H groups in total. The quantitative estimate of drug-likeness (QED) is 0.695. The maximum Gasteiger partial charge on any atom is 0.253 e. The summed E-state index contributed by atoms with van der Waals surface area (Å²) in [6.07, 6.45) is -2.62. The summed E-state index contributed by atoms with van der Waals surface area (Å²) in [6, 6.07) is 2.94. The third-order valence-corrected chi connectivity index (χ3v) is 4.25. The predicted octanol–water partition coefficient (Wildman–Crippen LogP) is 1.04. The number of nitrogens with two attached hydrogens (primary N) is 1. The molecule has 1 saturated heterocycles. The van der Waals surface area contributed by atoms with Gasteiger partial charge in [0.1, 0.15) is 18.5 Å². The van der Waals surface area contributed by atoms with Crippen LogP contribution in [0.25, 0.3) is 0 Å². The molecular weight excluding hydrogens is 365 g/mol. The van der Waals surface area contributed by atoms with E-state index in [0.29, 0.717) is 18.8 Å². The van der Waals surface area contributed by atoms with Crippen molar-refractivity contribution < 1.29 is 27.5 Å². The second-order valence-corrected chi connectivity index (χ2v) is 5.98. The van der Waals surface area contributed by atoms with E-state index in [2.05, 4.69) is 5.32 Å². The zero-order chi connectivity index (χ0) is 20.0. The number of hydrogen-bond acceptors (Lipinski definition) is 5. The van der Waals surface area contributed by atoms with Gasteiger partial charge in [0.05, 0.1) is 18.8 Å². The van der Waals surface area contributed by atoms with E-state index in [9.17, 15) is 22.8 Å². The maximum atomic E-state index is 14.4. The molecule has 27 heavy (non-hydrogen) atoms. The lowest BCUT2D eigenvalue weighted by Crippen LogP contribution is -2.50. The molecule has 1 aromatic rings. The van der Waals surface area contributed by atoms with Crippen LogP contribution in [0.4, 0.5) is 24.5 Å². The topological polar surface area (TPSA) is 87.9 Å². The standard InChI is InChI=1S/C17H23F3N4O3/c1-2-23(9-15(19)20)14(8-21)17(26)22-13-4-3-11(7-12(13)18)24-5-6-27-10-16(24)25/h3-4,7,14-15H,2,5-6,8-10,21H2,1H3,(H,22,26)/t14-/m0/s1. The molecule has 1 aliphatic heterocycles. The first kappa shape index (κ1) is 21.1. The van der Waals surface area contributed by atoms with Crippen molar-refractivity contribution in [2.24, 2.45) is 5.73 Å². The predicted molar refractivity (Wildman–Crippen MR) is 94.3 cm³/mol. The van der Waals surface area contributed by atoms with Crippen LogP contribution in [0.3, 0.4) is 0 Å². The van der Waals surface area contributed by atoms with Crippen LogP contribution >= 0.6 is 0 Å². The van der Waals surface area contributed by atoms with Crippen molar-refractivity contribution in [3.8, 4) is 0 Å². The lowest BCUT2D eigenvalue weighted by atomic mass is 10.2. The maximum absolute atomic E-state index is 14.4. The summed E-state index contributed by atoms with van der Waals surface area (Å²) < 4.78 is 44.8. The van der Waals surface area contributed by atoms with Gasteiger partial charge in [0.25, 0.3) is 12.3 Å². The van der Waals surface area contributed by atoms with Crippen LogP contribution < -0.4 is 16.0 Å². The number of alkyl halides is 2. The molecule has 1 fully saturated rings. The number of halogens is 3. The normalized spacial score (nSPS) is 16.1. The van der Waals surface area contributed by atoms with Crippen molar-refractivity contribution >= 4 is 23.2 Å². The molecule has 150 valence electrons. The lowest BCUT2D eigenvalue weighted by molar-refractivity contribution is -0.125. The number of morpholine rings is 1. The number of carbonyl (C=O) groups excluding carboxylic acids is 2. The molecule has 7 nitrogen and oxygen atoms in total. The van der Waals surface area contributed by atoms with E-state index in [4.69, 9.17) is 10.5 Å². The highest BCUT2D eigenvalue weighted by Gasteiger charge is 2.27. The average Bonchev–Trinajstić information content (AvgIpc) is 2.63. The van der Waals surface area contributed by atoms with Crippen LogP contribution in [-0.2, 0) is 14.3 Å². The molecule has 2 amide bonds. The van der Waals surface area contributed by atoms with Gasteiger partial charge in [-0.05, 0) is 24.7 Å². The number of ether oxygens (including phenoxy) is 1. The van der Waals surface area contributed by atoms with Gasteiger partial charge in [-0.25, -0.2) is 13.2 Å². The Labute approximate surface area is 155 Å². The number of anilines is 2. The Balaban J connectivity index is 2.11. The van der Waals surface area contributed by atoms with Crippen LogP contribution in [0.1, 0.15) is 6.92 Å². The fraction of sp³-hybridized carbons (Fsp3) is 0.529. The van der Waals surface area contributed by atoms with E-state index < -0.39 is 30.7 Å². The van der Waals surface area contributed by atoms with Gasteiger partial charge < -0.3 is 20.7 Å². The number of nitrogens with one attached hydrogen (secondary N) is 1.